The first-order chi connectivity index (χ1) is 9.84. The van der Waals surface area contributed by atoms with Crippen molar-refractivity contribution in [2.24, 2.45) is 0 Å². The number of hydrogen-bond donors (Lipinski definition) is 1. The number of aryl methyl sites for hydroxylation is 1. The second-order valence-corrected chi connectivity index (χ2v) is 8.99. The number of halogens is 1. The zero-order chi connectivity index (χ0) is 15.6. The van der Waals surface area contributed by atoms with E-state index in [9.17, 15) is 8.42 Å². The van der Waals surface area contributed by atoms with Crippen molar-refractivity contribution < 1.29 is 12.8 Å². The Bertz CT molecular complexity index is 722. The number of nitrogens with zero attached hydrogens (tertiary/aromatic N) is 1. The molecule has 8 heteroatoms. The average Bonchev–Trinajstić information content (AvgIpc) is 2.96. The van der Waals surface area contributed by atoms with Gasteiger partial charge in [-0.15, -0.1) is 11.3 Å². The summed E-state index contributed by atoms with van der Waals surface area (Å²) in [6.07, 6.45) is 0. The molecule has 5 nitrogen and oxygen atoms in total. The second-order valence-electron chi connectivity index (χ2n) is 4.68. The zero-order valence-electron chi connectivity index (χ0n) is 12.0. The van der Waals surface area contributed by atoms with Crippen LogP contribution in [0.15, 0.2) is 30.6 Å². The molecule has 0 radical (unpaired) electrons. The van der Waals surface area contributed by atoms with Crippen LogP contribution in [0, 0.1) is 6.92 Å². The van der Waals surface area contributed by atoms with Crippen LogP contribution in [0.25, 0.3) is 0 Å². The third-order valence-corrected chi connectivity index (χ3v) is 6.45. The van der Waals surface area contributed by atoms with Crippen molar-refractivity contribution in [2.75, 3.05) is 14.1 Å². The van der Waals surface area contributed by atoms with Crippen molar-refractivity contribution >= 4 is 37.3 Å². The highest BCUT2D eigenvalue weighted by molar-refractivity contribution is 9.11. The van der Waals surface area contributed by atoms with Crippen molar-refractivity contribution in [3.8, 4) is 0 Å². The first-order valence-electron chi connectivity index (χ1n) is 6.27. The molecule has 2 rings (SSSR count). The van der Waals surface area contributed by atoms with Gasteiger partial charge in [0.25, 0.3) is 0 Å². The lowest BCUT2D eigenvalue weighted by Gasteiger charge is -2.15. The zero-order valence-corrected chi connectivity index (χ0v) is 15.2. The van der Waals surface area contributed by atoms with Crippen LogP contribution in [0.5, 0.6) is 0 Å². The van der Waals surface area contributed by atoms with Crippen LogP contribution >= 0.6 is 27.3 Å². The average molecular weight is 393 g/mol. The molecule has 0 saturated heterocycles. The molecule has 21 heavy (non-hydrogen) atoms. The van der Waals surface area contributed by atoms with Gasteiger partial charge >= 0.3 is 0 Å². The minimum absolute atomic E-state index is 0.226. The molecule has 116 valence electrons. The van der Waals surface area contributed by atoms with Gasteiger partial charge in [0.05, 0.1) is 10.3 Å². The number of sulfonamides is 1. The molecule has 0 atom stereocenters. The maximum atomic E-state index is 12.6. The SMILES string of the molecule is CNCc1cc(S(=O)(=O)N(C)Cc2csc(Br)c2)c(C)o1. The highest BCUT2D eigenvalue weighted by atomic mass is 79.9. The van der Waals surface area contributed by atoms with Crippen molar-refractivity contribution in [1.82, 2.24) is 9.62 Å². The van der Waals surface area contributed by atoms with Crippen molar-refractivity contribution in [2.45, 2.75) is 24.9 Å². The first kappa shape index (κ1) is 16.7. The lowest BCUT2D eigenvalue weighted by molar-refractivity contribution is 0.452. The third kappa shape index (κ3) is 3.75. The van der Waals surface area contributed by atoms with E-state index < -0.39 is 10.0 Å². The molecule has 0 saturated carbocycles. The van der Waals surface area contributed by atoms with Gasteiger partial charge in [-0.25, -0.2) is 8.42 Å². The Balaban J connectivity index is 2.24. The molecule has 0 aliphatic carbocycles. The number of hydrogen-bond acceptors (Lipinski definition) is 5. The van der Waals surface area contributed by atoms with Crippen molar-refractivity contribution in [3.63, 3.8) is 0 Å². The molecule has 2 aromatic rings. The summed E-state index contributed by atoms with van der Waals surface area (Å²) in [6, 6.07) is 3.51. The van der Waals surface area contributed by atoms with Gasteiger partial charge in [0.1, 0.15) is 16.4 Å². The van der Waals surface area contributed by atoms with Gasteiger partial charge in [0, 0.05) is 19.7 Å². The molecule has 2 heterocycles. The predicted octanol–water partition coefficient (Wildman–Crippen LogP) is 2.95. The van der Waals surface area contributed by atoms with Gasteiger partial charge < -0.3 is 9.73 Å². The normalized spacial score (nSPS) is 12.2. The van der Waals surface area contributed by atoms with E-state index >= 15 is 0 Å². The maximum absolute atomic E-state index is 12.6. The van der Waals surface area contributed by atoms with E-state index in [1.54, 1.807) is 27.1 Å². The van der Waals surface area contributed by atoms with Gasteiger partial charge in [-0.2, -0.15) is 4.31 Å². The van der Waals surface area contributed by atoms with E-state index in [4.69, 9.17) is 4.42 Å². The summed E-state index contributed by atoms with van der Waals surface area (Å²) in [5.41, 5.74) is 0.953. The van der Waals surface area contributed by atoms with Crippen LogP contribution in [-0.2, 0) is 23.1 Å². The molecule has 0 aliphatic rings. The summed E-state index contributed by atoms with van der Waals surface area (Å²) < 4.78 is 33.0. The van der Waals surface area contributed by atoms with E-state index in [2.05, 4.69) is 21.2 Å². The number of rotatable bonds is 6. The molecule has 0 unspecified atom stereocenters. The van der Waals surface area contributed by atoms with Crippen molar-refractivity contribution in [1.29, 1.82) is 0 Å². The Hall–Kier alpha value is -0.670. The fourth-order valence-corrected chi connectivity index (χ4v) is 4.52. The maximum Gasteiger partial charge on any atom is 0.246 e. The summed E-state index contributed by atoms with van der Waals surface area (Å²) in [4.78, 5) is 0.226. The second kappa shape index (κ2) is 6.62. The lowest BCUT2D eigenvalue weighted by Crippen LogP contribution is -2.26. The number of furan rings is 1. The Morgan fingerprint density at radius 3 is 2.71 bits per heavy atom. The van der Waals surface area contributed by atoms with Gasteiger partial charge in [0.15, 0.2) is 0 Å². The molecule has 0 aliphatic heterocycles. The number of nitrogens with one attached hydrogen (secondary N) is 1. The summed E-state index contributed by atoms with van der Waals surface area (Å²) in [7, 11) is -0.196. The molecule has 0 fully saturated rings. The van der Waals surface area contributed by atoms with Gasteiger partial charge in [0.2, 0.25) is 10.0 Å². The van der Waals surface area contributed by atoms with Gasteiger partial charge in [-0.05, 0) is 46.9 Å². The summed E-state index contributed by atoms with van der Waals surface area (Å²) in [5, 5.41) is 4.88. The summed E-state index contributed by atoms with van der Waals surface area (Å²) in [5.74, 6) is 1.03. The Kier molecular flexibility index (Phi) is 5.26. The van der Waals surface area contributed by atoms with Crippen LogP contribution < -0.4 is 5.32 Å². The highest BCUT2D eigenvalue weighted by Crippen LogP contribution is 2.26. The quantitative estimate of drug-likeness (QED) is 0.820. The molecular formula is C13H17BrN2O3S2. The van der Waals surface area contributed by atoms with Crippen LogP contribution in [0.2, 0.25) is 0 Å². The molecular weight excluding hydrogens is 376 g/mol. The Morgan fingerprint density at radius 2 is 2.14 bits per heavy atom. The van der Waals surface area contributed by atoms with E-state index in [1.807, 2.05) is 11.4 Å². The fraction of sp³-hybridized carbons (Fsp3) is 0.385. The molecule has 0 spiro atoms. The minimum Gasteiger partial charge on any atom is -0.464 e. The summed E-state index contributed by atoms with van der Waals surface area (Å²) in [6.45, 7) is 2.50. The van der Waals surface area contributed by atoms with Crippen LogP contribution in [0.4, 0.5) is 0 Å². The number of thiophene rings is 1. The smallest absolute Gasteiger partial charge is 0.246 e. The fourth-order valence-electron chi connectivity index (χ4n) is 1.98. The van der Waals surface area contributed by atoms with E-state index in [0.717, 1.165) is 9.35 Å². The third-order valence-electron chi connectivity index (χ3n) is 2.99. The molecule has 0 bridgehead atoms. The van der Waals surface area contributed by atoms with Crippen molar-refractivity contribution in [3.05, 3.63) is 38.4 Å². The molecule has 2 aromatic heterocycles. The van der Waals surface area contributed by atoms with E-state index in [1.165, 1.54) is 15.6 Å². The van der Waals surface area contributed by atoms with E-state index in [0.29, 0.717) is 24.6 Å². The predicted molar refractivity (Wildman–Crippen MR) is 86.9 cm³/mol. The van der Waals surface area contributed by atoms with Crippen LogP contribution in [-0.4, -0.2) is 26.8 Å². The van der Waals surface area contributed by atoms with Gasteiger partial charge in [-0.3, -0.25) is 0 Å². The first-order valence-corrected chi connectivity index (χ1v) is 9.39. The topological polar surface area (TPSA) is 62.6 Å². The largest absolute Gasteiger partial charge is 0.464 e. The molecule has 1 N–H and O–H groups in total. The lowest BCUT2D eigenvalue weighted by atomic mass is 10.3. The minimum atomic E-state index is -3.55. The Labute approximate surface area is 137 Å². The van der Waals surface area contributed by atoms with Crippen LogP contribution in [0.3, 0.4) is 0 Å². The van der Waals surface area contributed by atoms with E-state index in [-0.39, 0.29) is 4.90 Å². The molecule has 0 amide bonds. The van der Waals surface area contributed by atoms with Crippen LogP contribution in [0.1, 0.15) is 17.1 Å². The highest BCUT2D eigenvalue weighted by Gasteiger charge is 2.26. The molecule has 0 aromatic carbocycles. The summed E-state index contributed by atoms with van der Waals surface area (Å²) >= 11 is 4.91. The van der Waals surface area contributed by atoms with Gasteiger partial charge in [-0.1, -0.05) is 0 Å². The Morgan fingerprint density at radius 1 is 1.43 bits per heavy atom. The standard InChI is InChI=1S/C13H17BrN2O3S2/c1-9-12(5-11(19-9)6-15-2)21(17,18)16(3)7-10-4-13(14)20-8-10/h4-5,8,15H,6-7H2,1-3H3. The monoisotopic (exact) mass is 392 g/mol.